The first-order chi connectivity index (χ1) is 9.56. The normalized spacial score (nSPS) is 10.2. The van der Waals surface area contributed by atoms with Gasteiger partial charge in [-0.1, -0.05) is 6.07 Å². The van der Waals surface area contributed by atoms with Crippen molar-refractivity contribution in [2.24, 2.45) is 0 Å². The highest BCUT2D eigenvalue weighted by molar-refractivity contribution is 5.87. The molecule has 2 rings (SSSR count). The summed E-state index contributed by atoms with van der Waals surface area (Å²) >= 11 is 0. The van der Waals surface area contributed by atoms with E-state index >= 15 is 0 Å². The fourth-order valence-corrected chi connectivity index (χ4v) is 1.68. The van der Waals surface area contributed by atoms with Gasteiger partial charge in [0.2, 0.25) is 0 Å². The van der Waals surface area contributed by atoms with Gasteiger partial charge in [-0.05, 0) is 31.2 Å². The molecular weight excluding hydrogens is 260 g/mol. The van der Waals surface area contributed by atoms with E-state index in [9.17, 15) is 9.59 Å². The van der Waals surface area contributed by atoms with Crippen LogP contribution in [0.3, 0.4) is 0 Å². The Hall–Kier alpha value is -2.63. The predicted molar refractivity (Wildman–Crippen MR) is 72.1 cm³/mol. The number of carbonyl (C=O) groups is 1. The lowest BCUT2D eigenvalue weighted by atomic mass is 10.2. The number of hydrogen-bond acceptors (Lipinski definition) is 4. The molecular formula is C14H14N2O4. The fraction of sp³-hybridized carbons (Fsp3) is 0.214. The fourth-order valence-electron chi connectivity index (χ4n) is 1.68. The van der Waals surface area contributed by atoms with Crippen molar-refractivity contribution in [3.63, 3.8) is 0 Å². The lowest BCUT2D eigenvalue weighted by Gasteiger charge is -2.08. The quantitative estimate of drug-likeness (QED) is 0.889. The van der Waals surface area contributed by atoms with Gasteiger partial charge in [-0.2, -0.15) is 5.10 Å². The van der Waals surface area contributed by atoms with E-state index in [1.165, 1.54) is 22.9 Å². The largest absolute Gasteiger partial charge is 0.492 e. The molecule has 6 heteroatoms. The van der Waals surface area contributed by atoms with Gasteiger partial charge in [-0.25, -0.2) is 9.48 Å². The molecule has 6 nitrogen and oxygen atoms in total. The van der Waals surface area contributed by atoms with E-state index in [0.29, 0.717) is 12.3 Å². The van der Waals surface area contributed by atoms with Gasteiger partial charge in [0, 0.05) is 6.07 Å². The van der Waals surface area contributed by atoms with Crippen molar-refractivity contribution in [1.29, 1.82) is 0 Å². The molecule has 0 radical (unpaired) electrons. The number of benzene rings is 1. The minimum absolute atomic E-state index is 0.161. The van der Waals surface area contributed by atoms with Gasteiger partial charge in [0.15, 0.2) is 0 Å². The summed E-state index contributed by atoms with van der Waals surface area (Å²) in [5, 5.41) is 12.9. The molecule has 1 aromatic carbocycles. The average molecular weight is 274 g/mol. The molecule has 0 amide bonds. The van der Waals surface area contributed by atoms with Gasteiger partial charge in [0.25, 0.3) is 5.56 Å². The van der Waals surface area contributed by atoms with Crippen molar-refractivity contribution < 1.29 is 14.6 Å². The van der Waals surface area contributed by atoms with Crippen molar-refractivity contribution in [2.45, 2.75) is 13.5 Å². The van der Waals surface area contributed by atoms with Crippen LogP contribution >= 0.6 is 0 Å². The number of nitrogens with zero attached hydrogens (tertiary/aromatic N) is 2. The second-order valence-corrected chi connectivity index (χ2v) is 4.22. The van der Waals surface area contributed by atoms with E-state index in [0.717, 1.165) is 5.69 Å². The van der Waals surface area contributed by atoms with Crippen LogP contribution in [0.25, 0.3) is 0 Å². The molecule has 2 aromatic rings. The molecule has 0 aliphatic carbocycles. The lowest BCUT2D eigenvalue weighted by molar-refractivity contribution is 0.0696. The highest BCUT2D eigenvalue weighted by atomic mass is 16.5. The van der Waals surface area contributed by atoms with E-state index < -0.39 is 5.97 Å². The van der Waals surface area contributed by atoms with E-state index in [1.54, 1.807) is 25.1 Å². The number of carboxylic acid groups (broad SMARTS) is 1. The zero-order valence-electron chi connectivity index (χ0n) is 10.9. The van der Waals surface area contributed by atoms with Gasteiger partial charge in [0.1, 0.15) is 12.4 Å². The maximum atomic E-state index is 11.5. The highest BCUT2D eigenvalue weighted by Crippen LogP contribution is 2.13. The summed E-state index contributed by atoms with van der Waals surface area (Å²) < 4.78 is 6.75. The Morgan fingerprint density at radius 2 is 2.15 bits per heavy atom. The van der Waals surface area contributed by atoms with Gasteiger partial charge in [0.05, 0.1) is 17.8 Å². The first kappa shape index (κ1) is 13.8. The monoisotopic (exact) mass is 274 g/mol. The molecule has 1 heterocycles. The Balaban J connectivity index is 1.99. The van der Waals surface area contributed by atoms with Crippen LogP contribution in [0.2, 0.25) is 0 Å². The summed E-state index contributed by atoms with van der Waals surface area (Å²) in [4.78, 5) is 22.3. The molecule has 0 fully saturated rings. The van der Waals surface area contributed by atoms with Gasteiger partial charge >= 0.3 is 5.97 Å². The number of rotatable bonds is 5. The van der Waals surface area contributed by atoms with Crippen LogP contribution in [0, 0.1) is 6.92 Å². The molecule has 0 aliphatic heterocycles. The minimum atomic E-state index is -1.01. The first-order valence-electron chi connectivity index (χ1n) is 6.07. The topological polar surface area (TPSA) is 81.4 Å². The number of aromatic nitrogens is 2. The third-order valence-corrected chi connectivity index (χ3v) is 2.65. The Labute approximate surface area is 115 Å². The standard InChI is InChI=1S/C14H14N2O4/c1-10-5-6-13(17)16(15-10)7-8-20-12-4-2-3-11(9-12)14(18)19/h2-6,9H,7-8H2,1H3,(H,18,19). The molecule has 0 unspecified atom stereocenters. The number of ether oxygens (including phenoxy) is 1. The molecule has 0 saturated heterocycles. The summed E-state index contributed by atoms with van der Waals surface area (Å²) in [6, 6.07) is 9.30. The first-order valence-corrected chi connectivity index (χ1v) is 6.07. The Morgan fingerprint density at radius 1 is 1.35 bits per heavy atom. The summed E-state index contributed by atoms with van der Waals surface area (Å²) in [5.74, 6) is -0.558. The van der Waals surface area contributed by atoms with E-state index in [4.69, 9.17) is 9.84 Å². The lowest BCUT2D eigenvalue weighted by Crippen LogP contribution is -2.25. The van der Waals surface area contributed by atoms with Crippen LogP contribution in [-0.4, -0.2) is 27.5 Å². The van der Waals surface area contributed by atoms with Crippen molar-refractivity contribution in [3.05, 3.63) is 58.0 Å². The number of carboxylic acids is 1. The van der Waals surface area contributed by atoms with Crippen LogP contribution < -0.4 is 10.3 Å². The summed E-state index contributed by atoms with van der Waals surface area (Å²) in [7, 11) is 0. The smallest absolute Gasteiger partial charge is 0.335 e. The van der Waals surface area contributed by atoms with Crippen LogP contribution in [0.4, 0.5) is 0 Å². The van der Waals surface area contributed by atoms with Gasteiger partial charge in [-0.3, -0.25) is 4.79 Å². The molecule has 20 heavy (non-hydrogen) atoms. The molecule has 104 valence electrons. The van der Waals surface area contributed by atoms with Crippen LogP contribution in [0.15, 0.2) is 41.2 Å². The average Bonchev–Trinajstić information content (AvgIpc) is 2.43. The van der Waals surface area contributed by atoms with Crippen LogP contribution in [-0.2, 0) is 6.54 Å². The Morgan fingerprint density at radius 3 is 2.90 bits per heavy atom. The predicted octanol–water partition coefficient (Wildman–Crippen LogP) is 1.33. The van der Waals surface area contributed by atoms with Gasteiger partial charge < -0.3 is 9.84 Å². The minimum Gasteiger partial charge on any atom is -0.492 e. The highest BCUT2D eigenvalue weighted by Gasteiger charge is 2.04. The van der Waals surface area contributed by atoms with Gasteiger partial charge in [-0.15, -0.1) is 0 Å². The maximum Gasteiger partial charge on any atom is 0.335 e. The molecule has 1 N–H and O–H groups in total. The number of aromatic carboxylic acids is 1. The molecule has 1 aromatic heterocycles. The van der Waals surface area contributed by atoms with Crippen molar-refractivity contribution >= 4 is 5.97 Å². The second kappa shape index (κ2) is 6.01. The summed E-state index contributed by atoms with van der Waals surface area (Å²) in [6.07, 6.45) is 0. The molecule has 0 saturated carbocycles. The molecule has 0 bridgehead atoms. The van der Waals surface area contributed by atoms with E-state index in [2.05, 4.69) is 5.10 Å². The molecule has 0 spiro atoms. The third kappa shape index (κ3) is 3.44. The zero-order chi connectivity index (χ0) is 14.5. The van der Waals surface area contributed by atoms with Crippen LogP contribution in [0.1, 0.15) is 16.1 Å². The van der Waals surface area contributed by atoms with Crippen molar-refractivity contribution in [1.82, 2.24) is 9.78 Å². The Bertz CT molecular complexity index is 679. The summed E-state index contributed by atoms with van der Waals surface area (Å²) in [6.45, 7) is 2.34. The SMILES string of the molecule is Cc1ccc(=O)n(CCOc2cccc(C(=O)O)c2)n1. The summed E-state index contributed by atoms with van der Waals surface area (Å²) in [5.41, 5.74) is 0.712. The maximum absolute atomic E-state index is 11.5. The van der Waals surface area contributed by atoms with E-state index in [1.807, 2.05) is 0 Å². The van der Waals surface area contributed by atoms with Crippen molar-refractivity contribution in [2.75, 3.05) is 6.61 Å². The van der Waals surface area contributed by atoms with E-state index in [-0.39, 0.29) is 17.7 Å². The van der Waals surface area contributed by atoms with Crippen molar-refractivity contribution in [3.8, 4) is 5.75 Å². The second-order valence-electron chi connectivity index (χ2n) is 4.22. The number of aryl methyl sites for hydroxylation is 1. The third-order valence-electron chi connectivity index (χ3n) is 2.65. The molecule has 0 atom stereocenters. The number of hydrogen-bond donors (Lipinski definition) is 1. The van der Waals surface area contributed by atoms with Crippen LogP contribution in [0.5, 0.6) is 5.75 Å². The molecule has 0 aliphatic rings. The Kier molecular flexibility index (Phi) is 4.14. The zero-order valence-corrected chi connectivity index (χ0v) is 10.9.